The standard InChI is InChI=1S/C26H52NO9P/c1-5-6-7-8-9-10-11-12-13-14-15-16-17-18-19-20-25(29)33-23-24(28)26(30)35-36-37(31,32)34-22-21-27(2,3)4/h12-13,24,26,28,30H,5-11,14-23H2,1-4H3/p+1/b13-12+. The zero-order chi connectivity index (χ0) is 28.0. The van der Waals surface area contributed by atoms with Gasteiger partial charge in [-0.3, -0.25) is 9.32 Å². The van der Waals surface area contributed by atoms with E-state index in [1.54, 1.807) is 0 Å². The van der Waals surface area contributed by atoms with E-state index in [2.05, 4.69) is 28.6 Å². The van der Waals surface area contributed by atoms with Crippen molar-refractivity contribution in [1.29, 1.82) is 0 Å². The minimum atomic E-state index is -4.57. The van der Waals surface area contributed by atoms with Crippen LogP contribution in [0.3, 0.4) is 0 Å². The molecule has 0 amide bonds. The van der Waals surface area contributed by atoms with E-state index >= 15 is 0 Å². The number of hydrogen-bond acceptors (Lipinski definition) is 8. The molecule has 0 saturated heterocycles. The highest BCUT2D eigenvalue weighted by molar-refractivity contribution is 7.47. The maximum Gasteiger partial charge on any atom is 0.499 e. The lowest BCUT2D eigenvalue weighted by molar-refractivity contribution is -0.870. The van der Waals surface area contributed by atoms with E-state index in [0.29, 0.717) is 17.4 Å². The van der Waals surface area contributed by atoms with Crippen LogP contribution in [0, 0.1) is 0 Å². The summed E-state index contributed by atoms with van der Waals surface area (Å²) in [6.07, 6.45) is 16.3. The first-order valence-electron chi connectivity index (χ1n) is 13.8. The first kappa shape index (κ1) is 36.2. The maximum absolute atomic E-state index is 11.8. The van der Waals surface area contributed by atoms with Crippen molar-refractivity contribution in [3.63, 3.8) is 0 Å². The lowest BCUT2D eigenvalue weighted by Gasteiger charge is -2.24. The first-order valence-corrected chi connectivity index (χ1v) is 15.3. The molecule has 0 aliphatic heterocycles. The molecule has 3 unspecified atom stereocenters. The van der Waals surface area contributed by atoms with Crippen molar-refractivity contribution in [3.05, 3.63) is 12.2 Å². The van der Waals surface area contributed by atoms with E-state index in [-0.39, 0.29) is 13.0 Å². The largest absolute Gasteiger partial charge is 0.499 e. The van der Waals surface area contributed by atoms with Gasteiger partial charge in [0.25, 0.3) is 0 Å². The second-order valence-electron chi connectivity index (χ2n) is 10.5. The Bertz CT molecular complexity index is 640. The monoisotopic (exact) mass is 554 g/mol. The van der Waals surface area contributed by atoms with Crippen molar-refractivity contribution in [2.75, 3.05) is 40.9 Å². The van der Waals surface area contributed by atoms with Gasteiger partial charge in [0.2, 0.25) is 6.29 Å². The highest BCUT2D eigenvalue weighted by atomic mass is 31.2. The molecule has 0 aromatic heterocycles. The number of unbranched alkanes of at least 4 members (excludes halogenated alkanes) is 11. The third-order valence-corrected chi connectivity index (χ3v) is 6.42. The fourth-order valence-electron chi connectivity index (χ4n) is 3.29. The van der Waals surface area contributed by atoms with Gasteiger partial charge in [-0.05, 0) is 32.1 Å². The van der Waals surface area contributed by atoms with Gasteiger partial charge >= 0.3 is 13.8 Å². The van der Waals surface area contributed by atoms with Gasteiger partial charge in [0, 0.05) is 6.42 Å². The summed E-state index contributed by atoms with van der Waals surface area (Å²) in [4.78, 5) is 25.7. The number of carbonyl (C=O) groups excluding carboxylic acids is 1. The molecule has 11 heteroatoms. The molecule has 0 bridgehead atoms. The van der Waals surface area contributed by atoms with Crippen LogP contribution in [0.4, 0.5) is 0 Å². The summed E-state index contributed by atoms with van der Waals surface area (Å²) in [6.45, 7) is 2.06. The molecule has 0 fully saturated rings. The van der Waals surface area contributed by atoms with Crippen molar-refractivity contribution in [1.82, 2.24) is 0 Å². The quantitative estimate of drug-likeness (QED) is 0.0208. The molecule has 3 atom stereocenters. The summed E-state index contributed by atoms with van der Waals surface area (Å²) >= 11 is 0. The number of carbonyl (C=O) groups is 1. The van der Waals surface area contributed by atoms with Gasteiger partial charge in [0.15, 0.2) is 0 Å². The average Bonchev–Trinajstić information content (AvgIpc) is 2.82. The first-order chi connectivity index (χ1) is 17.5. The SMILES string of the molecule is CCCCCCCC/C=C/CCCCCCCC(=O)OCC(O)C(O)OOP(=O)(O)OCC[N+](C)(C)C. The second-order valence-corrected chi connectivity index (χ2v) is 11.8. The highest BCUT2D eigenvalue weighted by Crippen LogP contribution is 2.43. The lowest BCUT2D eigenvalue weighted by Crippen LogP contribution is -2.37. The smallest absolute Gasteiger partial charge is 0.463 e. The Morgan fingerprint density at radius 1 is 0.892 bits per heavy atom. The van der Waals surface area contributed by atoms with Crippen LogP contribution in [0.25, 0.3) is 0 Å². The predicted molar refractivity (Wildman–Crippen MR) is 143 cm³/mol. The number of aliphatic hydroxyl groups excluding tert-OH is 2. The minimum absolute atomic E-state index is 0.0761. The van der Waals surface area contributed by atoms with Crippen LogP contribution in [-0.2, 0) is 28.2 Å². The Hall–Kier alpha value is -0.840. The summed E-state index contributed by atoms with van der Waals surface area (Å²) in [5, 5.41) is 19.5. The topological polar surface area (TPSA) is 132 Å². The van der Waals surface area contributed by atoms with E-state index in [1.165, 1.54) is 44.9 Å². The van der Waals surface area contributed by atoms with Gasteiger partial charge in [-0.1, -0.05) is 70.4 Å². The minimum Gasteiger partial charge on any atom is -0.463 e. The second kappa shape index (κ2) is 22.0. The summed E-state index contributed by atoms with van der Waals surface area (Å²) in [7, 11) is 1.07. The third kappa shape index (κ3) is 25.2. The van der Waals surface area contributed by atoms with E-state index in [0.717, 1.165) is 32.1 Å². The summed E-state index contributed by atoms with van der Waals surface area (Å²) < 4.78 is 26.1. The van der Waals surface area contributed by atoms with Crippen LogP contribution in [0.15, 0.2) is 12.2 Å². The van der Waals surface area contributed by atoms with Gasteiger partial charge in [0.1, 0.15) is 25.9 Å². The fourth-order valence-corrected chi connectivity index (χ4v) is 3.84. The summed E-state index contributed by atoms with van der Waals surface area (Å²) in [5.41, 5.74) is 0. The molecule has 220 valence electrons. The summed E-state index contributed by atoms with van der Waals surface area (Å²) in [6, 6.07) is 0. The van der Waals surface area contributed by atoms with Crippen molar-refractivity contribution in [3.8, 4) is 0 Å². The molecule has 0 aromatic rings. The molecule has 0 spiro atoms. The summed E-state index contributed by atoms with van der Waals surface area (Å²) in [5.74, 6) is -0.499. The maximum atomic E-state index is 11.8. The van der Waals surface area contributed by atoms with E-state index < -0.39 is 32.8 Å². The number of aliphatic hydroxyl groups is 2. The highest BCUT2D eigenvalue weighted by Gasteiger charge is 2.28. The number of phosphoric acid groups is 1. The molecule has 0 aliphatic carbocycles. The molecule has 3 N–H and O–H groups in total. The number of phosphoric ester groups is 1. The number of nitrogens with zero attached hydrogens (tertiary/aromatic N) is 1. The normalized spacial score (nSPS) is 15.5. The van der Waals surface area contributed by atoms with Crippen molar-refractivity contribution >= 4 is 13.8 Å². The van der Waals surface area contributed by atoms with E-state index in [9.17, 15) is 24.5 Å². The number of rotatable bonds is 25. The molecule has 0 aliphatic rings. The molecule has 0 aromatic carbocycles. The molecule has 37 heavy (non-hydrogen) atoms. The van der Waals surface area contributed by atoms with Crippen molar-refractivity contribution < 1.29 is 47.8 Å². The Morgan fingerprint density at radius 2 is 1.43 bits per heavy atom. The lowest BCUT2D eigenvalue weighted by atomic mass is 10.1. The van der Waals surface area contributed by atoms with Crippen LogP contribution in [0.1, 0.15) is 96.8 Å². The molecular formula is C26H53NO9P+. The van der Waals surface area contributed by atoms with Gasteiger partial charge in [-0.15, -0.1) is 4.67 Å². The Labute approximate surface area is 224 Å². The Balaban J connectivity index is 3.71. The third-order valence-electron chi connectivity index (χ3n) is 5.64. The molecule has 0 rings (SSSR count). The number of quaternary nitrogens is 1. The zero-order valence-electron chi connectivity index (χ0n) is 23.5. The van der Waals surface area contributed by atoms with E-state index in [1.807, 2.05) is 21.1 Å². The molecule has 0 radical (unpaired) electrons. The number of hydrogen-bond donors (Lipinski definition) is 3. The zero-order valence-corrected chi connectivity index (χ0v) is 24.4. The number of ether oxygens (including phenoxy) is 1. The van der Waals surface area contributed by atoms with Crippen molar-refractivity contribution in [2.24, 2.45) is 0 Å². The Kier molecular flexibility index (Phi) is 21.5. The molecule has 10 nitrogen and oxygen atoms in total. The van der Waals surface area contributed by atoms with Crippen LogP contribution >= 0.6 is 7.82 Å². The molecular weight excluding hydrogens is 501 g/mol. The molecule has 0 saturated carbocycles. The van der Waals surface area contributed by atoms with Crippen LogP contribution < -0.4 is 0 Å². The van der Waals surface area contributed by atoms with Crippen LogP contribution in [0.2, 0.25) is 0 Å². The Morgan fingerprint density at radius 3 is 2.00 bits per heavy atom. The van der Waals surface area contributed by atoms with Gasteiger partial charge in [-0.25, -0.2) is 4.57 Å². The van der Waals surface area contributed by atoms with Gasteiger partial charge in [-0.2, -0.15) is 4.89 Å². The number of allylic oxidation sites excluding steroid dienone is 2. The van der Waals surface area contributed by atoms with E-state index in [4.69, 9.17) is 9.26 Å². The molecule has 0 heterocycles. The fraction of sp³-hybridized carbons (Fsp3) is 0.885. The van der Waals surface area contributed by atoms with Crippen molar-refractivity contribution in [2.45, 2.75) is 109 Å². The van der Waals surface area contributed by atoms with Crippen LogP contribution in [0.5, 0.6) is 0 Å². The number of esters is 1. The van der Waals surface area contributed by atoms with Gasteiger partial charge in [0.05, 0.1) is 21.1 Å². The van der Waals surface area contributed by atoms with Crippen LogP contribution in [-0.4, -0.2) is 78.9 Å². The number of likely N-dealkylation sites (N-methyl/N-ethyl adjacent to an activating group) is 1. The van der Waals surface area contributed by atoms with Gasteiger partial charge < -0.3 is 24.3 Å². The average molecular weight is 555 g/mol. The predicted octanol–water partition coefficient (Wildman–Crippen LogP) is 5.02.